The van der Waals surface area contributed by atoms with Crippen LogP contribution in [0.25, 0.3) is 0 Å². The number of alkyl halides is 3. The molecule has 1 aliphatic rings. The summed E-state index contributed by atoms with van der Waals surface area (Å²) in [4.78, 5) is 24.2. The molecule has 0 aliphatic carbocycles. The summed E-state index contributed by atoms with van der Waals surface area (Å²) in [5.41, 5.74) is -0.853. The lowest BCUT2D eigenvalue weighted by Crippen LogP contribution is -2.44. The monoisotopic (exact) mass is 297 g/mol. The molecule has 5 nitrogen and oxygen atoms in total. The number of hydrogen-bond donors (Lipinski definition) is 0. The van der Waals surface area contributed by atoms with E-state index in [2.05, 4.69) is 4.74 Å². The predicted octanol–water partition coefficient (Wildman–Crippen LogP) is 2.35. The summed E-state index contributed by atoms with van der Waals surface area (Å²) in [6.45, 7) is 4.18. The molecule has 0 aromatic rings. The molecule has 0 saturated carbocycles. The highest BCUT2D eigenvalue weighted by atomic mass is 19.4. The summed E-state index contributed by atoms with van der Waals surface area (Å²) < 4.78 is 47.7. The Morgan fingerprint density at radius 2 is 1.75 bits per heavy atom. The molecule has 1 saturated heterocycles. The lowest BCUT2D eigenvalue weighted by molar-refractivity contribution is -0.170. The average Bonchev–Trinajstić information content (AvgIpc) is 2.69. The van der Waals surface area contributed by atoms with Gasteiger partial charge in [-0.15, -0.1) is 0 Å². The van der Waals surface area contributed by atoms with E-state index in [1.54, 1.807) is 20.8 Å². The lowest BCUT2D eigenvalue weighted by atomic mass is 10.1. The third kappa shape index (κ3) is 4.01. The third-order valence-electron chi connectivity index (χ3n) is 2.87. The maximum Gasteiger partial charge on any atom is 0.411 e. The third-order valence-corrected chi connectivity index (χ3v) is 2.87. The van der Waals surface area contributed by atoms with Crippen LogP contribution in [0.5, 0.6) is 0 Å². The number of carbonyl (C=O) groups excluding carboxylic acids is 2. The highest BCUT2D eigenvalue weighted by Crippen LogP contribution is 2.37. The average molecular weight is 297 g/mol. The number of ether oxygens (including phenoxy) is 2. The summed E-state index contributed by atoms with van der Waals surface area (Å²) in [6.07, 6.45) is -5.92. The van der Waals surface area contributed by atoms with Crippen LogP contribution in [0.4, 0.5) is 18.0 Å². The minimum Gasteiger partial charge on any atom is -0.467 e. The van der Waals surface area contributed by atoms with Crippen LogP contribution in [-0.2, 0) is 14.3 Å². The van der Waals surface area contributed by atoms with Gasteiger partial charge in [0.05, 0.1) is 13.0 Å². The first-order chi connectivity index (χ1) is 8.95. The van der Waals surface area contributed by atoms with Crippen LogP contribution >= 0.6 is 0 Å². The number of likely N-dealkylation sites (tertiary alicyclic amines) is 1. The van der Waals surface area contributed by atoms with Crippen molar-refractivity contribution in [2.45, 2.75) is 45.0 Å². The second kappa shape index (κ2) is 5.49. The van der Waals surface area contributed by atoms with Crippen molar-refractivity contribution in [1.82, 2.24) is 4.90 Å². The van der Waals surface area contributed by atoms with E-state index in [4.69, 9.17) is 4.74 Å². The van der Waals surface area contributed by atoms with Crippen LogP contribution in [0.2, 0.25) is 0 Å². The molecular weight excluding hydrogens is 279 g/mol. The summed E-state index contributed by atoms with van der Waals surface area (Å²) >= 11 is 0. The largest absolute Gasteiger partial charge is 0.467 e. The number of methoxy groups -OCH3 is 1. The zero-order valence-corrected chi connectivity index (χ0v) is 11.8. The van der Waals surface area contributed by atoms with E-state index in [1.165, 1.54) is 0 Å². The van der Waals surface area contributed by atoms with Crippen LogP contribution in [0, 0.1) is 5.92 Å². The first kappa shape index (κ1) is 16.6. The fraction of sp³-hybridized carbons (Fsp3) is 0.833. The van der Waals surface area contributed by atoms with Crippen LogP contribution in [-0.4, -0.2) is 48.4 Å². The van der Waals surface area contributed by atoms with E-state index in [-0.39, 0.29) is 0 Å². The fourth-order valence-corrected chi connectivity index (χ4v) is 1.95. The number of carbonyl (C=O) groups is 2. The van der Waals surface area contributed by atoms with E-state index in [1.807, 2.05) is 0 Å². The number of amides is 1. The molecule has 116 valence electrons. The highest BCUT2D eigenvalue weighted by Gasteiger charge is 2.52. The van der Waals surface area contributed by atoms with E-state index in [9.17, 15) is 22.8 Å². The normalized spacial score (nSPS) is 23.6. The van der Waals surface area contributed by atoms with Crippen molar-refractivity contribution >= 4 is 12.1 Å². The Hall–Kier alpha value is -1.47. The molecule has 1 rings (SSSR count). The number of halogens is 3. The summed E-state index contributed by atoms with van der Waals surface area (Å²) in [7, 11) is 1.07. The quantitative estimate of drug-likeness (QED) is 0.697. The zero-order chi connectivity index (χ0) is 15.7. The van der Waals surface area contributed by atoms with Gasteiger partial charge in [-0.2, -0.15) is 13.2 Å². The molecule has 0 aromatic heterocycles. The van der Waals surface area contributed by atoms with E-state index in [0.717, 1.165) is 12.0 Å². The maximum absolute atomic E-state index is 12.7. The minimum atomic E-state index is -4.47. The molecular formula is C12H18F3NO4. The van der Waals surface area contributed by atoms with Gasteiger partial charge < -0.3 is 9.47 Å². The van der Waals surface area contributed by atoms with Gasteiger partial charge in [-0.3, -0.25) is 4.90 Å². The van der Waals surface area contributed by atoms with Gasteiger partial charge in [-0.25, -0.2) is 9.59 Å². The standard InChI is InChI=1S/C12H18F3NO4/c1-11(2,3)20-10(18)16-6-7(12(13,14)15)5-8(16)9(17)19-4/h7-8H,5-6H2,1-4H3/t7-,8-/m0/s1. The van der Waals surface area contributed by atoms with Crippen molar-refractivity contribution in [2.24, 2.45) is 5.92 Å². The van der Waals surface area contributed by atoms with Gasteiger partial charge in [-0.1, -0.05) is 0 Å². The number of rotatable bonds is 1. The molecule has 1 aliphatic heterocycles. The SMILES string of the molecule is COC(=O)[C@@H]1C[C@H](C(F)(F)F)CN1C(=O)OC(C)(C)C. The maximum atomic E-state index is 12.7. The molecule has 2 atom stereocenters. The van der Waals surface area contributed by atoms with E-state index in [0.29, 0.717) is 0 Å². The number of esters is 1. The zero-order valence-electron chi connectivity index (χ0n) is 11.8. The molecule has 1 fully saturated rings. The molecule has 8 heteroatoms. The molecule has 20 heavy (non-hydrogen) atoms. The summed E-state index contributed by atoms with van der Waals surface area (Å²) in [5, 5.41) is 0. The summed E-state index contributed by atoms with van der Waals surface area (Å²) in [6, 6.07) is -1.26. The van der Waals surface area contributed by atoms with Gasteiger partial charge in [-0.05, 0) is 27.2 Å². The topological polar surface area (TPSA) is 55.8 Å². The fourth-order valence-electron chi connectivity index (χ4n) is 1.95. The molecule has 0 bridgehead atoms. The smallest absolute Gasteiger partial charge is 0.411 e. The van der Waals surface area contributed by atoms with Crippen LogP contribution in [0.1, 0.15) is 27.2 Å². The van der Waals surface area contributed by atoms with Gasteiger partial charge >= 0.3 is 18.2 Å². The van der Waals surface area contributed by atoms with Crippen molar-refractivity contribution in [1.29, 1.82) is 0 Å². The summed E-state index contributed by atoms with van der Waals surface area (Å²) in [5.74, 6) is -2.62. The van der Waals surface area contributed by atoms with E-state index < -0.39 is 48.8 Å². The second-order valence-electron chi connectivity index (χ2n) is 5.65. The Morgan fingerprint density at radius 3 is 2.15 bits per heavy atom. The van der Waals surface area contributed by atoms with Crippen LogP contribution in [0.3, 0.4) is 0 Å². The molecule has 0 N–H and O–H groups in total. The lowest BCUT2D eigenvalue weighted by Gasteiger charge is -2.27. The van der Waals surface area contributed by atoms with Gasteiger partial charge in [0.1, 0.15) is 11.6 Å². The molecule has 0 spiro atoms. The van der Waals surface area contributed by atoms with Crippen molar-refractivity contribution < 1.29 is 32.2 Å². The van der Waals surface area contributed by atoms with Gasteiger partial charge in [0.15, 0.2) is 0 Å². The van der Waals surface area contributed by atoms with Crippen molar-refractivity contribution in [3.63, 3.8) is 0 Å². The molecule has 1 amide bonds. The van der Waals surface area contributed by atoms with Crippen LogP contribution < -0.4 is 0 Å². The first-order valence-corrected chi connectivity index (χ1v) is 6.10. The van der Waals surface area contributed by atoms with E-state index >= 15 is 0 Å². The van der Waals surface area contributed by atoms with Crippen molar-refractivity contribution in [3.05, 3.63) is 0 Å². The Labute approximate surface area is 115 Å². The molecule has 0 aromatic carbocycles. The Morgan fingerprint density at radius 1 is 1.20 bits per heavy atom. The number of hydrogen-bond acceptors (Lipinski definition) is 4. The van der Waals surface area contributed by atoms with Gasteiger partial charge in [0.2, 0.25) is 0 Å². The molecule has 0 radical (unpaired) electrons. The first-order valence-electron chi connectivity index (χ1n) is 6.10. The molecule has 1 heterocycles. The Balaban J connectivity index is 2.90. The predicted molar refractivity (Wildman–Crippen MR) is 62.9 cm³/mol. The second-order valence-corrected chi connectivity index (χ2v) is 5.65. The van der Waals surface area contributed by atoms with Gasteiger partial charge in [0, 0.05) is 6.54 Å². The van der Waals surface area contributed by atoms with Crippen molar-refractivity contribution in [2.75, 3.05) is 13.7 Å². The highest BCUT2D eigenvalue weighted by molar-refractivity contribution is 5.82. The Bertz CT molecular complexity index is 389. The Kier molecular flexibility index (Phi) is 4.55. The van der Waals surface area contributed by atoms with Crippen molar-refractivity contribution in [3.8, 4) is 0 Å². The number of nitrogens with zero attached hydrogens (tertiary/aromatic N) is 1. The minimum absolute atomic E-state index is 0.505. The molecule has 0 unspecified atom stereocenters. The van der Waals surface area contributed by atoms with Gasteiger partial charge in [0.25, 0.3) is 0 Å². The van der Waals surface area contributed by atoms with Crippen LogP contribution in [0.15, 0.2) is 0 Å².